The largest absolute Gasteiger partial charge is 0.489 e. The molecule has 8 heteroatoms. The van der Waals surface area contributed by atoms with Crippen molar-refractivity contribution in [2.45, 2.75) is 6.61 Å². The predicted molar refractivity (Wildman–Crippen MR) is 104 cm³/mol. The normalized spacial score (nSPS) is 13.9. The molecule has 2 amide bonds. The average molecular weight is 407 g/mol. The molecule has 1 aliphatic heterocycles. The zero-order chi connectivity index (χ0) is 18.7. The third kappa shape index (κ3) is 4.22. The Kier molecular flexibility index (Phi) is 5.56. The fourth-order valence-corrected chi connectivity index (χ4v) is 2.95. The molecule has 2 aromatic rings. The molecule has 1 saturated heterocycles. The maximum absolute atomic E-state index is 11.8. The Labute approximate surface area is 164 Å². The van der Waals surface area contributed by atoms with Crippen LogP contribution in [0.5, 0.6) is 5.75 Å². The fraction of sp³-hybridized carbons (Fsp3) is 0.0556. The van der Waals surface area contributed by atoms with E-state index >= 15 is 0 Å². The lowest BCUT2D eigenvalue weighted by Crippen LogP contribution is -2.51. The second kappa shape index (κ2) is 7.86. The minimum Gasteiger partial charge on any atom is -0.489 e. The number of rotatable bonds is 4. The van der Waals surface area contributed by atoms with Crippen LogP contribution in [0, 0.1) is 0 Å². The van der Waals surface area contributed by atoms with Gasteiger partial charge in [-0.1, -0.05) is 41.4 Å². The van der Waals surface area contributed by atoms with Crippen molar-refractivity contribution in [3.63, 3.8) is 0 Å². The molecular formula is C18H12Cl2N2O3S. The van der Waals surface area contributed by atoms with Gasteiger partial charge in [-0.25, -0.2) is 0 Å². The first-order valence-corrected chi connectivity index (χ1v) is 8.64. The number of thiocarbonyl (C=S) groups is 1. The Balaban J connectivity index is 1.71. The van der Waals surface area contributed by atoms with Crippen LogP contribution in [0.15, 0.2) is 48.0 Å². The van der Waals surface area contributed by atoms with Crippen LogP contribution in [-0.2, 0) is 16.2 Å². The Hall–Kier alpha value is -2.41. The number of ether oxygens (including phenoxy) is 1. The van der Waals surface area contributed by atoms with Gasteiger partial charge in [-0.2, -0.15) is 0 Å². The molecule has 5 nitrogen and oxygen atoms in total. The number of hydrogen-bond donors (Lipinski definition) is 2. The minimum absolute atomic E-state index is 0.000804. The molecule has 1 fully saturated rings. The third-order valence-electron chi connectivity index (χ3n) is 3.58. The molecule has 0 bridgehead atoms. The van der Waals surface area contributed by atoms with E-state index in [0.29, 0.717) is 26.9 Å². The summed E-state index contributed by atoms with van der Waals surface area (Å²) in [5, 5.41) is 5.83. The van der Waals surface area contributed by atoms with Crippen LogP contribution in [-0.4, -0.2) is 16.9 Å². The molecular weight excluding hydrogens is 395 g/mol. The molecule has 1 aliphatic rings. The highest BCUT2D eigenvalue weighted by atomic mass is 35.5. The van der Waals surface area contributed by atoms with E-state index in [1.165, 1.54) is 6.08 Å². The minimum atomic E-state index is -0.535. The summed E-state index contributed by atoms with van der Waals surface area (Å²) in [5.41, 5.74) is 1.35. The highest BCUT2D eigenvalue weighted by Crippen LogP contribution is 2.26. The van der Waals surface area contributed by atoms with Crippen molar-refractivity contribution in [2.75, 3.05) is 0 Å². The first kappa shape index (κ1) is 18.4. The van der Waals surface area contributed by atoms with E-state index < -0.39 is 11.8 Å². The van der Waals surface area contributed by atoms with Crippen molar-refractivity contribution in [2.24, 2.45) is 0 Å². The first-order chi connectivity index (χ1) is 12.4. The summed E-state index contributed by atoms with van der Waals surface area (Å²) < 4.78 is 5.69. The summed E-state index contributed by atoms with van der Waals surface area (Å²) in [7, 11) is 0. The Morgan fingerprint density at radius 1 is 0.962 bits per heavy atom. The molecule has 0 spiro atoms. The molecule has 2 N–H and O–H groups in total. The van der Waals surface area contributed by atoms with Gasteiger partial charge >= 0.3 is 0 Å². The summed E-state index contributed by atoms with van der Waals surface area (Å²) in [5.74, 6) is -0.471. The zero-order valence-corrected chi connectivity index (χ0v) is 15.5. The number of carbonyl (C=O) groups excluding carboxylic acids is 2. The lowest BCUT2D eigenvalue weighted by molar-refractivity contribution is -0.123. The average Bonchev–Trinajstić information content (AvgIpc) is 2.59. The molecule has 3 rings (SSSR count). The van der Waals surface area contributed by atoms with E-state index in [2.05, 4.69) is 10.6 Å². The van der Waals surface area contributed by atoms with Gasteiger partial charge in [0.1, 0.15) is 17.9 Å². The van der Waals surface area contributed by atoms with Crippen molar-refractivity contribution in [1.82, 2.24) is 10.6 Å². The van der Waals surface area contributed by atoms with E-state index in [4.69, 9.17) is 40.2 Å². The summed E-state index contributed by atoms with van der Waals surface area (Å²) in [6, 6.07) is 12.1. The van der Waals surface area contributed by atoms with Crippen molar-refractivity contribution >= 4 is 58.4 Å². The number of halogens is 2. The third-order valence-corrected chi connectivity index (χ3v) is 4.49. The van der Waals surface area contributed by atoms with Gasteiger partial charge in [0.2, 0.25) is 0 Å². The second-order valence-electron chi connectivity index (χ2n) is 5.35. The van der Waals surface area contributed by atoms with E-state index in [9.17, 15) is 9.59 Å². The standard InChI is InChI=1S/C18H12Cl2N2O3S/c19-14-2-1-3-15(20)13(14)9-25-11-6-4-10(5-7-11)8-12-16(23)21-18(26)22-17(12)24/h1-8H,9H2,(H2,21,22,23,24,26). The van der Waals surface area contributed by atoms with Gasteiger partial charge in [-0.05, 0) is 48.1 Å². The monoisotopic (exact) mass is 406 g/mol. The number of nitrogens with one attached hydrogen (secondary N) is 2. The van der Waals surface area contributed by atoms with E-state index in [0.717, 1.165) is 0 Å². The molecule has 132 valence electrons. The van der Waals surface area contributed by atoms with Crippen LogP contribution in [0.25, 0.3) is 6.08 Å². The summed E-state index contributed by atoms with van der Waals surface area (Å²) in [4.78, 5) is 23.7. The highest BCUT2D eigenvalue weighted by molar-refractivity contribution is 7.80. The van der Waals surface area contributed by atoms with Crippen LogP contribution < -0.4 is 15.4 Å². The molecule has 0 atom stereocenters. The zero-order valence-electron chi connectivity index (χ0n) is 13.2. The van der Waals surface area contributed by atoms with Gasteiger partial charge in [0.05, 0.1) is 0 Å². The first-order valence-electron chi connectivity index (χ1n) is 7.48. The topological polar surface area (TPSA) is 67.4 Å². The van der Waals surface area contributed by atoms with Gasteiger partial charge in [-0.15, -0.1) is 0 Å². The Morgan fingerprint density at radius 3 is 2.12 bits per heavy atom. The summed E-state index contributed by atoms with van der Waals surface area (Å²) in [6.45, 7) is 0.223. The molecule has 26 heavy (non-hydrogen) atoms. The SMILES string of the molecule is O=C1NC(=S)NC(=O)C1=Cc1ccc(OCc2c(Cl)cccc2Cl)cc1. The Morgan fingerprint density at radius 2 is 1.54 bits per heavy atom. The van der Waals surface area contributed by atoms with Crippen molar-refractivity contribution in [3.8, 4) is 5.75 Å². The molecule has 2 aromatic carbocycles. The van der Waals surface area contributed by atoms with E-state index in [1.54, 1.807) is 42.5 Å². The second-order valence-corrected chi connectivity index (χ2v) is 6.58. The van der Waals surface area contributed by atoms with Gasteiger partial charge in [0, 0.05) is 15.6 Å². The molecule has 0 aliphatic carbocycles. The van der Waals surface area contributed by atoms with Gasteiger partial charge in [-0.3, -0.25) is 20.2 Å². The lowest BCUT2D eigenvalue weighted by atomic mass is 10.1. The Bertz CT molecular complexity index is 884. The smallest absolute Gasteiger partial charge is 0.263 e. The molecule has 0 radical (unpaired) electrons. The van der Waals surface area contributed by atoms with E-state index in [-0.39, 0.29) is 17.3 Å². The molecule has 0 unspecified atom stereocenters. The highest BCUT2D eigenvalue weighted by Gasteiger charge is 2.25. The number of hydrogen-bond acceptors (Lipinski definition) is 4. The van der Waals surface area contributed by atoms with Crippen LogP contribution in [0.3, 0.4) is 0 Å². The number of amides is 2. The van der Waals surface area contributed by atoms with Crippen molar-refractivity contribution in [1.29, 1.82) is 0 Å². The van der Waals surface area contributed by atoms with Crippen LogP contribution in [0.4, 0.5) is 0 Å². The van der Waals surface area contributed by atoms with Crippen molar-refractivity contribution < 1.29 is 14.3 Å². The molecule has 0 saturated carbocycles. The lowest BCUT2D eigenvalue weighted by Gasteiger charge is -2.16. The molecule has 0 aromatic heterocycles. The maximum Gasteiger partial charge on any atom is 0.263 e. The van der Waals surface area contributed by atoms with Crippen LogP contribution in [0.2, 0.25) is 10.0 Å². The van der Waals surface area contributed by atoms with E-state index in [1.807, 2.05) is 0 Å². The van der Waals surface area contributed by atoms with Gasteiger partial charge < -0.3 is 4.74 Å². The summed E-state index contributed by atoms with van der Waals surface area (Å²) in [6.07, 6.45) is 1.47. The molecule has 1 heterocycles. The van der Waals surface area contributed by atoms with Gasteiger partial charge in [0.15, 0.2) is 5.11 Å². The predicted octanol–water partition coefficient (Wildman–Crippen LogP) is 3.49. The van der Waals surface area contributed by atoms with Crippen LogP contribution >= 0.6 is 35.4 Å². The summed E-state index contributed by atoms with van der Waals surface area (Å²) >= 11 is 17.0. The quantitative estimate of drug-likeness (QED) is 0.463. The van der Waals surface area contributed by atoms with Crippen LogP contribution in [0.1, 0.15) is 11.1 Å². The van der Waals surface area contributed by atoms with Gasteiger partial charge in [0.25, 0.3) is 11.8 Å². The maximum atomic E-state index is 11.8. The van der Waals surface area contributed by atoms with Crippen molar-refractivity contribution in [3.05, 3.63) is 69.2 Å². The number of carbonyl (C=O) groups is 2. The fourth-order valence-electron chi connectivity index (χ4n) is 2.26. The number of benzene rings is 2.